The summed E-state index contributed by atoms with van der Waals surface area (Å²) in [6.45, 7) is 4.40. The summed E-state index contributed by atoms with van der Waals surface area (Å²) in [4.78, 5) is 12.3. The highest BCUT2D eigenvalue weighted by atomic mass is 16.5. The summed E-state index contributed by atoms with van der Waals surface area (Å²) >= 11 is 0. The first-order chi connectivity index (χ1) is 10.6. The molecule has 116 valence electrons. The van der Waals surface area contributed by atoms with Gasteiger partial charge in [-0.05, 0) is 17.0 Å². The SMILES string of the molecule is CC(C)C(c1ccccc1)C(N)C(=O)OCc1ccccc1. The Morgan fingerprint density at radius 2 is 1.55 bits per heavy atom. The molecule has 0 heterocycles. The normalized spacial score (nSPS) is 13.6. The Bertz CT molecular complexity index is 581. The lowest BCUT2D eigenvalue weighted by molar-refractivity contribution is -0.147. The number of rotatable bonds is 6. The monoisotopic (exact) mass is 297 g/mol. The molecular formula is C19H23NO2. The quantitative estimate of drug-likeness (QED) is 0.830. The molecule has 0 aliphatic carbocycles. The van der Waals surface area contributed by atoms with Gasteiger partial charge >= 0.3 is 5.97 Å². The molecule has 2 N–H and O–H groups in total. The molecular weight excluding hydrogens is 274 g/mol. The van der Waals surface area contributed by atoms with Gasteiger partial charge < -0.3 is 10.5 Å². The predicted octanol–water partition coefficient (Wildman–Crippen LogP) is 3.50. The van der Waals surface area contributed by atoms with Crippen LogP contribution in [-0.4, -0.2) is 12.0 Å². The maximum atomic E-state index is 12.3. The smallest absolute Gasteiger partial charge is 0.323 e. The second-order valence-electron chi connectivity index (χ2n) is 5.80. The Kier molecular flexibility index (Phi) is 5.73. The van der Waals surface area contributed by atoms with E-state index in [1.54, 1.807) is 0 Å². The molecule has 2 aromatic carbocycles. The van der Waals surface area contributed by atoms with Gasteiger partial charge in [-0.15, -0.1) is 0 Å². The van der Waals surface area contributed by atoms with Crippen molar-refractivity contribution < 1.29 is 9.53 Å². The average Bonchev–Trinajstić information content (AvgIpc) is 2.54. The molecule has 3 heteroatoms. The van der Waals surface area contributed by atoms with Crippen LogP contribution in [0.5, 0.6) is 0 Å². The zero-order valence-corrected chi connectivity index (χ0v) is 13.1. The van der Waals surface area contributed by atoms with Gasteiger partial charge in [-0.2, -0.15) is 0 Å². The minimum atomic E-state index is -0.661. The third-order valence-corrected chi connectivity index (χ3v) is 3.79. The molecule has 2 aromatic rings. The zero-order chi connectivity index (χ0) is 15.9. The molecule has 0 bridgehead atoms. The second kappa shape index (κ2) is 7.76. The van der Waals surface area contributed by atoms with E-state index in [-0.39, 0.29) is 24.4 Å². The van der Waals surface area contributed by atoms with Crippen LogP contribution in [0.15, 0.2) is 60.7 Å². The van der Waals surface area contributed by atoms with Crippen molar-refractivity contribution in [3.8, 4) is 0 Å². The van der Waals surface area contributed by atoms with Gasteiger partial charge in [0.2, 0.25) is 0 Å². The Balaban J connectivity index is 2.04. The minimum Gasteiger partial charge on any atom is -0.460 e. The average molecular weight is 297 g/mol. The number of nitrogens with two attached hydrogens (primary N) is 1. The Morgan fingerprint density at radius 1 is 1.00 bits per heavy atom. The van der Waals surface area contributed by atoms with Crippen LogP contribution in [0, 0.1) is 5.92 Å². The van der Waals surface area contributed by atoms with Gasteiger partial charge in [-0.25, -0.2) is 0 Å². The van der Waals surface area contributed by atoms with Gasteiger partial charge in [-0.1, -0.05) is 74.5 Å². The summed E-state index contributed by atoms with van der Waals surface area (Å²) in [7, 11) is 0. The van der Waals surface area contributed by atoms with Crippen LogP contribution in [0.3, 0.4) is 0 Å². The molecule has 0 aliphatic heterocycles. The molecule has 0 aromatic heterocycles. The molecule has 22 heavy (non-hydrogen) atoms. The van der Waals surface area contributed by atoms with Crippen molar-refractivity contribution >= 4 is 5.97 Å². The largest absolute Gasteiger partial charge is 0.460 e. The van der Waals surface area contributed by atoms with Gasteiger partial charge in [-0.3, -0.25) is 4.79 Å². The van der Waals surface area contributed by atoms with Gasteiger partial charge in [0.15, 0.2) is 0 Å². The number of ether oxygens (including phenoxy) is 1. The lowest BCUT2D eigenvalue weighted by Gasteiger charge is -2.26. The van der Waals surface area contributed by atoms with Crippen LogP contribution in [0.1, 0.15) is 30.9 Å². The molecule has 0 saturated carbocycles. The maximum Gasteiger partial charge on any atom is 0.323 e. The molecule has 0 radical (unpaired) electrons. The molecule has 2 atom stereocenters. The summed E-state index contributed by atoms with van der Waals surface area (Å²) < 4.78 is 5.38. The summed E-state index contributed by atoms with van der Waals surface area (Å²) in [6, 6.07) is 18.9. The van der Waals surface area contributed by atoms with E-state index in [1.165, 1.54) is 0 Å². The Morgan fingerprint density at radius 3 is 2.09 bits per heavy atom. The van der Waals surface area contributed by atoms with E-state index >= 15 is 0 Å². The third kappa shape index (κ3) is 4.18. The summed E-state index contributed by atoms with van der Waals surface area (Å²) in [6.07, 6.45) is 0. The Hall–Kier alpha value is -2.13. The van der Waals surface area contributed by atoms with Gasteiger partial charge in [0.05, 0.1) is 0 Å². The fourth-order valence-corrected chi connectivity index (χ4v) is 2.65. The number of hydrogen-bond donors (Lipinski definition) is 1. The van der Waals surface area contributed by atoms with Crippen molar-refractivity contribution in [1.82, 2.24) is 0 Å². The first kappa shape index (κ1) is 16.2. The fourth-order valence-electron chi connectivity index (χ4n) is 2.65. The number of benzene rings is 2. The number of esters is 1. The van der Waals surface area contributed by atoms with Gasteiger partial charge in [0.25, 0.3) is 0 Å². The topological polar surface area (TPSA) is 52.3 Å². The van der Waals surface area contributed by atoms with E-state index in [9.17, 15) is 4.79 Å². The number of hydrogen-bond acceptors (Lipinski definition) is 3. The molecule has 0 aliphatic rings. The van der Waals surface area contributed by atoms with E-state index in [1.807, 2.05) is 60.7 Å². The first-order valence-corrected chi connectivity index (χ1v) is 7.60. The highest BCUT2D eigenvalue weighted by molar-refractivity contribution is 5.77. The standard InChI is InChI=1S/C19H23NO2/c1-14(2)17(16-11-7-4-8-12-16)18(20)19(21)22-13-15-9-5-3-6-10-15/h3-12,14,17-18H,13,20H2,1-2H3. The molecule has 0 fully saturated rings. The van der Waals surface area contributed by atoms with Crippen molar-refractivity contribution in [2.24, 2.45) is 11.7 Å². The molecule has 0 spiro atoms. The van der Waals surface area contributed by atoms with Crippen LogP contribution in [0.2, 0.25) is 0 Å². The molecule has 3 nitrogen and oxygen atoms in total. The highest BCUT2D eigenvalue weighted by Crippen LogP contribution is 2.27. The van der Waals surface area contributed by atoms with Crippen molar-refractivity contribution in [2.75, 3.05) is 0 Å². The summed E-state index contributed by atoms with van der Waals surface area (Å²) in [5.74, 6) is -0.155. The van der Waals surface area contributed by atoms with Crippen LogP contribution in [0.4, 0.5) is 0 Å². The van der Waals surface area contributed by atoms with Crippen molar-refractivity contribution in [3.05, 3.63) is 71.8 Å². The Labute approximate surface area is 132 Å². The summed E-state index contributed by atoms with van der Waals surface area (Å²) in [5.41, 5.74) is 8.22. The maximum absolute atomic E-state index is 12.3. The predicted molar refractivity (Wildman–Crippen MR) is 88.2 cm³/mol. The fraction of sp³-hybridized carbons (Fsp3) is 0.316. The van der Waals surface area contributed by atoms with Crippen LogP contribution < -0.4 is 5.73 Å². The second-order valence-corrected chi connectivity index (χ2v) is 5.80. The zero-order valence-electron chi connectivity index (χ0n) is 13.1. The van der Waals surface area contributed by atoms with E-state index in [4.69, 9.17) is 10.5 Å². The van der Waals surface area contributed by atoms with E-state index in [0.717, 1.165) is 11.1 Å². The van der Waals surface area contributed by atoms with Crippen molar-refractivity contribution in [3.63, 3.8) is 0 Å². The summed E-state index contributed by atoms with van der Waals surface area (Å²) in [5, 5.41) is 0. The van der Waals surface area contributed by atoms with Crippen LogP contribution in [0.25, 0.3) is 0 Å². The first-order valence-electron chi connectivity index (χ1n) is 7.60. The minimum absolute atomic E-state index is 0.0514. The molecule has 2 unspecified atom stereocenters. The van der Waals surface area contributed by atoms with E-state index in [2.05, 4.69) is 13.8 Å². The van der Waals surface area contributed by atoms with Crippen molar-refractivity contribution in [2.45, 2.75) is 32.4 Å². The van der Waals surface area contributed by atoms with Crippen molar-refractivity contribution in [1.29, 1.82) is 0 Å². The van der Waals surface area contributed by atoms with Gasteiger partial charge in [0, 0.05) is 5.92 Å². The van der Waals surface area contributed by atoms with Gasteiger partial charge in [0.1, 0.15) is 12.6 Å². The number of carbonyl (C=O) groups excluding carboxylic acids is 1. The lowest BCUT2D eigenvalue weighted by atomic mass is 9.83. The van der Waals surface area contributed by atoms with Crippen LogP contribution >= 0.6 is 0 Å². The van der Waals surface area contributed by atoms with Crippen LogP contribution in [-0.2, 0) is 16.1 Å². The molecule has 0 amide bonds. The lowest BCUT2D eigenvalue weighted by Crippen LogP contribution is -2.40. The molecule has 2 rings (SSSR count). The molecule has 0 saturated heterocycles. The third-order valence-electron chi connectivity index (χ3n) is 3.79. The highest BCUT2D eigenvalue weighted by Gasteiger charge is 2.29. The van der Waals surface area contributed by atoms with E-state index < -0.39 is 6.04 Å². The van der Waals surface area contributed by atoms with E-state index in [0.29, 0.717) is 0 Å². The number of carbonyl (C=O) groups is 1.